The molecule has 0 bridgehead atoms. The fraction of sp³-hybridized carbons (Fsp3) is 0.750. The van der Waals surface area contributed by atoms with E-state index in [9.17, 15) is 4.79 Å². The molecular formula is C16H31N5O2. The zero-order valence-corrected chi connectivity index (χ0v) is 15.0. The maximum Gasteiger partial charge on any atom is 0.337 e. The Bertz CT molecular complexity index is 483. The van der Waals surface area contributed by atoms with Crippen LogP contribution < -0.4 is 16.8 Å². The number of carbonyl (C=O) groups is 1. The number of hydrogen-bond donors (Lipinski definition) is 3. The molecule has 1 rings (SSSR count). The molecule has 0 saturated heterocycles. The molecule has 1 aliphatic heterocycles. The lowest BCUT2D eigenvalue weighted by atomic mass is 9.85. The number of rotatable bonds is 8. The van der Waals surface area contributed by atoms with Crippen LogP contribution in [0.4, 0.5) is 0 Å². The van der Waals surface area contributed by atoms with Gasteiger partial charge in [-0.15, -0.1) is 0 Å². The van der Waals surface area contributed by atoms with Gasteiger partial charge in [0.2, 0.25) is 0 Å². The van der Waals surface area contributed by atoms with E-state index in [1.165, 1.54) is 0 Å². The first-order valence-corrected chi connectivity index (χ1v) is 8.17. The molecule has 0 saturated carbocycles. The topological polar surface area (TPSA) is 106 Å². The van der Waals surface area contributed by atoms with E-state index in [0.29, 0.717) is 36.6 Å². The molecule has 0 spiro atoms. The molecule has 1 aliphatic rings. The number of hydrogen-bond acceptors (Lipinski definition) is 7. The highest BCUT2D eigenvalue weighted by atomic mass is 16.5. The molecular weight excluding hydrogens is 294 g/mol. The molecule has 0 aliphatic carbocycles. The van der Waals surface area contributed by atoms with E-state index >= 15 is 0 Å². The Morgan fingerprint density at radius 1 is 1.39 bits per heavy atom. The van der Waals surface area contributed by atoms with E-state index in [1.54, 1.807) is 13.8 Å². The number of nitrogens with one attached hydrogen (secondary N) is 1. The summed E-state index contributed by atoms with van der Waals surface area (Å²) in [7, 11) is 4.04. The van der Waals surface area contributed by atoms with Gasteiger partial charge in [0.15, 0.2) is 0 Å². The standard InChI is InChI=1S/C16H31N5O2/c1-6-12-16(17,18)14(19-9-8-10-21(4)5)13(11(3)20-12)15(22)23-7-2/h14,19H,6-10,17-18H2,1-5H3. The van der Waals surface area contributed by atoms with Gasteiger partial charge < -0.3 is 26.4 Å². The van der Waals surface area contributed by atoms with Gasteiger partial charge in [-0.25, -0.2) is 4.79 Å². The van der Waals surface area contributed by atoms with Crippen LogP contribution in [0.2, 0.25) is 0 Å². The maximum atomic E-state index is 12.3. The van der Waals surface area contributed by atoms with Crippen LogP contribution in [0.3, 0.4) is 0 Å². The van der Waals surface area contributed by atoms with Crippen molar-refractivity contribution in [2.75, 3.05) is 33.8 Å². The molecule has 1 atom stereocenters. The second kappa shape index (κ2) is 8.54. The van der Waals surface area contributed by atoms with Crippen molar-refractivity contribution in [3.63, 3.8) is 0 Å². The largest absolute Gasteiger partial charge is 0.463 e. The van der Waals surface area contributed by atoms with Crippen LogP contribution in [0.1, 0.15) is 33.6 Å². The Balaban J connectivity index is 3.03. The van der Waals surface area contributed by atoms with Crippen LogP contribution in [-0.2, 0) is 9.53 Å². The van der Waals surface area contributed by atoms with Crippen molar-refractivity contribution in [1.82, 2.24) is 10.2 Å². The lowest BCUT2D eigenvalue weighted by Crippen LogP contribution is -2.71. The summed E-state index contributed by atoms with van der Waals surface area (Å²) in [5.41, 5.74) is 13.2. The third-order valence-corrected chi connectivity index (χ3v) is 3.92. The van der Waals surface area contributed by atoms with Gasteiger partial charge in [0.1, 0.15) is 5.66 Å². The van der Waals surface area contributed by atoms with Crippen LogP contribution >= 0.6 is 0 Å². The van der Waals surface area contributed by atoms with Crippen molar-refractivity contribution in [3.05, 3.63) is 11.3 Å². The number of nitrogens with zero attached hydrogens (tertiary/aromatic N) is 2. The van der Waals surface area contributed by atoms with Gasteiger partial charge in [0, 0.05) is 5.70 Å². The Kier molecular flexibility index (Phi) is 7.34. The molecule has 23 heavy (non-hydrogen) atoms. The minimum atomic E-state index is -1.20. The summed E-state index contributed by atoms with van der Waals surface area (Å²) < 4.78 is 5.16. The van der Waals surface area contributed by atoms with Gasteiger partial charge in [-0.05, 0) is 53.9 Å². The number of aliphatic imine (C=N–C) groups is 1. The van der Waals surface area contributed by atoms with E-state index in [-0.39, 0.29) is 0 Å². The lowest BCUT2D eigenvalue weighted by molar-refractivity contribution is -0.139. The molecule has 7 heteroatoms. The van der Waals surface area contributed by atoms with Gasteiger partial charge in [0.25, 0.3) is 0 Å². The van der Waals surface area contributed by atoms with Gasteiger partial charge in [-0.1, -0.05) is 6.92 Å². The van der Waals surface area contributed by atoms with E-state index in [2.05, 4.69) is 15.2 Å². The molecule has 0 aromatic carbocycles. The van der Waals surface area contributed by atoms with Crippen LogP contribution in [-0.4, -0.2) is 62.1 Å². The predicted octanol–water partition coefficient (Wildman–Crippen LogP) is 0.212. The predicted molar refractivity (Wildman–Crippen MR) is 93.1 cm³/mol. The van der Waals surface area contributed by atoms with Crippen molar-refractivity contribution in [2.24, 2.45) is 16.5 Å². The molecule has 1 unspecified atom stereocenters. The highest BCUT2D eigenvalue weighted by molar-refractivity contribution is 6.01. The van der Waals surface area contributed by atoms with Crippen molar-refractivity contribution in [2.45, 2.75) is 45.3 Å². The van der Waals surface area contributed by atoms with Crippen LogP contribution in [0, 0.1) is 0 Å². The summed E-state index contributed by atoms with van der Waals surface area (Å²) in [6.07, 6.45) is 1.56. The highest BCUT2D eigenvalue weighted by Gasteiger charge is 2.44. The zero-order chi connectivity index (χ0) is 17.6. The van der Waals surface area contributed by atoms with Crippen LogP contribution in [0.5, 0.6) is 0 Å². The SMILES string of the molecule is CCOC(=O)C1=C(C)N=C(CC)C(N)(N)C1NCCCN(C)C. The Hall–Kier alpha value is -1.28. The Morgan fingerprint density at radius 2 is 2.04 bits per heavy atom. The van der Waals surface area contributed by atoms with E-state index in [0.717, 1.165) is 13.0 Å². The van der Waals surface area contributed by atoms with Gasteiger partial charge in [0.05, 0.1) is 23.9 Å². The van der Waals surface area contributed by atoms with Gasteiger partial charge >= 0.3 is 5.97 Å². The molecule has 0 radical (unpaired) electrons. The van der Waals surface area contributed by atoms with Crippen molar-refractivity contribution in [3.8, 4) is 0 Å². The minimum absolute atomic E-state index is 0.301. The van der Waals surface area contributed by atoms with E-state index < -0.39 is 17.7 Å². The van der Waals surface area contributed by atoms with Gasteiger partial charge in [-0.2, -0.15) is 0 Å². The second-order valence-corrected chi connectivity index (χ2v) is 6.11. The molecule has 0 amide bonds. The average molecular weight is 325 g/mol. The third kappa shape index (κ3) is 4.84. The third-order valence-electron chi connectivity index (χ3n) is 3.92. The highest BCUT2D eigenvalue weighted by Crippen LogP contribution is 2.26. The summed E-state index contributed by atoms with van der Waals surface area (Å²) >= 11 is 0. The molecule has 0 aromatic heterocycles. The first-order chi connectivity index (χ1) is 10.8. The number of allylic oxidation sites excluding steroid dienone is 1. The molecule has 0 fully saturated rings. The summed E-state index contributed by atoms with van der Waals surface area (Å²) in [6.45, 7) is 7.47. The monoisotopic (exact) mass is 325 g/mol. The summed E-state index contributed by atoms with van der Waals surface area (Å²) in [6, 6.07) is -0.504. The minimum Gasteiger partial charge on any atom is -0.463 e. The normalized spacial score (nSPS) is 20.7. The molecule has 132 valence electrons. The fourth-order valence-corrected chi connectivity index (χ4v) is 2.75. The molecule has 0 aromatic rings. The Labute approximate surface area is 139 Å². The molecule has 5 N–H and O–H groups in total. The number of nitrogens with two attached hydrogens (primary N) is 2. The molecule has 1 heterocycles. The van der Waals surface area contributed by atoms with Gasteiger partial charge in [-0.3, -0.25) is 4.99 Å². The number of ether oxygens (including phenoxy) is 1. The maximum absolute atomic E-state index is 12.3. The van der Waals surface area contributed by atoms with Crippen LogP contribution in [0.15, 0.2) is 16.3 Å². The molecule has 7 nitrogen and oxygen atoms in total. The first-order valence-electron chi connectivity index (χ1n) is 8.17. The summed E-state index contributed by atoms with van der Waals surface area (Å²) in [5.74, 6) is -0.408. The number of carbonyl (C=O) groups excluding carboxylic acids is 1. The summed E-state index contributed by atoms with van der Waals surface area (Å²) in [4.78, 5) is 18.9. The first kappa shape index (κ1) is 19.8. The van der Waals surface area contributed by atoms with Crippen molar-refractivity contribution in [1.29, 1.82) is 0 Å². The second-order valence-electron chi connectivity index (χ2n) is 6.11. The van der Waals surface area contributed by atoms with Crippen molar-refractivity contribution >= 4 is 11.7 Å². The van der Waals surface area contributed by atoms with Crippen LogP contribution in [0.25, 0.3) is 0 Å². The zero-order valence-electron chi connectivity index (χ0n) is 15.0. The fourth-order valence-electron chi connectivity index (χ4n) is 2.75. The lowest BCUT2D eigenvalue weighted by Gasteiger charge is -2.39. The summed E-state index contributed by atoms with van der Waals surface area (Å²) in [5, 5.41) is 3.34. The smallest absolute Gasteiger partial charge is 0.337 e. The number of esters is 1. The Morgan fingerprint density at radius 3 is 2.57 bits per heavy atom. The van der Waals surface area contributed by atoms with E-state index in [1.807, 2.05) is 21.0 Å². The quantitative estimate of drug-likeness (QED) is 0.335. The average Bonchev–Trinajstić information content (AvgIpc) is 2.46. The van der Waals surface area contributed by atoms with Crippen molar-refractivity contribution < 1.29 is 9.53 Å². The van der Waals surface area contributed by atoms with E-state index in [4.69, 9.17) is 16.2 Å².